The number of halogens is 3. The fraction of sp³-hybridized carbons (Fsp3) is 0.174. The van der Waals surface area contributed by atoms with Crippen LogP contribution in [0.3, 0.4) is 0 Å². The van der Waals surface area contributed by atoms with Crippen molar-refractivity contribution >= 4 is 29.1 Å². The first-order valence-electron chi connectivity index (χ1n) is 9.56. The second-order valence-electron chi connectivity index (χ2n) is 7.10. The number of nitrogens with one attached hydrogen (secondary N) is 2. The monoisotopic (exact) mass is 443 g/mol. The number of carbonyl (C=O) groups is 2. The number of hydrogen-bond acceptors (Lipinski definition) is 5. The third-order valence-corrected chi connectivity index (χ3v) is 4.32. The lowest BCUT2D eigenvalue weighted by Gasteiger charge is -2.13. The molecule has 0 fully saturated rings. The first-order chi connectivity index (χ1) is 15.1. The van der Waals surface area contributed by atoms with Crippen molar-refractivity contribution in [1.82, 2.24) is 4.98 Å². The summed E-state index contributed by atoms with van der Waals surface area (Å²) in [4.78, 5) is 28.6. The molecule has 0 saturated carbocycles. The van der Waals surface area contributed by atoms with E-state index in [9.17, 15) is 22.8 Å². The predicted octanol–water partition coefficient (Wildman–Crippen LogP) is 5.26. The van der Waals surface area contributed by atoms with Crippen LogP contribution in [-0.4, -0.2) is 23.5 Å². The molecule has 0 bridgehead atoms. The van der Waals surface area contributed by atoms with Crippen molar-refractivity contribution in [2.75, 3.05) is 17.2 Å². The topological polar surface area (TPSA) is 80.3 Å². The van der Waals surface area contributed by atoms with Gasteiger partial charge in [0.25, 0.3) is 5.91 Å². The number of aryl methyl sites for hydroxylation is 2. The van der Waals surface area contributed by atoms with Crippen LogP contribution < -0.4 is 10.6 Å². The first-order valence-corrected chi connectivity index (χ1v) is 9.56. The Kier molecular flexibility index (Phi) is 6.77. The molecule has 2 aromatic carbocycles. The third-order valence-electron chi connectivity index (χ3n) is 4.32. The Morgan fingerprint density at radius 1 is 0.969 bits per heavy atom. The number of aromatic nitrogens is 1. The van der Waals surface area contributed by atoms with Gasteiger partial charge in [0.1, 0.15) is 11.4 Å². The van der Waals surface area contributed by atoms with Crippen molar-refractivity contribution in [3.8, 4) is 0 Å². The summed E-state index contributed by atoms with van der Waals surface area (Å²) in [6, 6.07) is 12.9. The largest absolute Gasteiger partial charge is 0.452 e. The van der Waals surface area contributed by atoms with Gasteiger partial charge in [-0.25, -0.2) is 9.78 Å². The maximum Gasteiger partial charge on any atom is 0.416 e. The lowest BCUT2D eigenvalue weighted by molar-refractivity contribution is -0.137. The molecule has 0 radical (unpaired) electrons. The van der Waals surface area contributed by atoms with Crippen molar-refractivity contribution in [2.45, 2.75) is 20.0 Å². The van der Waals surface area contributed by atoms with Gasteiger partial charge in [0.2, 0.25) is 0 Å². The Morgan fingerprint density at radius 2 is 1.69 bits per heavy atom. The van der Waals surface area contributed by atoms with Crippen LogP contribution in [0.4, 0.5) is 30.4 Å². The van der Waals surface area contributed by atoms with E-state index in [2.05, 4.69) is 15.6 Å². The van der Waals surface area contributed by atoms with E-state index < -0.39 is 30.2 Å². The van der Waals surface area contributed by atoms with E-state index in [1.807, 2.05) is 19.9 Å². The number of alkyl halides is 3. The Labute approximate surface area is 182 Å². The highest BCUT2D eigenvalue weighted by molar-refractivity contribution is 5.98. The van der Waals surface area contributed by atoms with Crippen molar-refractivity contribution in [3.05, 3.63) is 83.0 Å². The van der Waals surface area contributed by atoms with Crippen LogP contribution >= 0.6 is 0 Å². The summed E-state index contributed by atoms with van der Waals surface area (Å²) >= 11 is 0. The fourth-order valence-corrected chi connectivity index (χ4v) is 3.03. The molecule has 1 heterocycles. The number of ether oxygens (including phenoxy) is 1. The number of carbonyl (C=O) groups excluding carboxylic acids is 2. The van der Waals surface area contributed by atoms with Crippen LogP contribution in [0, 0.1) is 13.8 Å². The quantitative estimate of drug-likeness (QED) is 0.508. The smallest absolute Gasteiger partial charge is 0.416 e. The minimum absolute atomic E-state index is 0.00606. The van der Waals surface area contributed by atoms with E-state index in [0.29, 0.717) is 5.69 Å². The van der Waals surface area contributed by atoms with E-state index in [1.165, 1.54) is 30.5 Å². The zero-order valence-corrected chi connectivity index (χ0v) is 17.3. The fourth-order valence-electron chi connectivity index (χ4n) is 3.03. The maximum atomic E-state index is 12.9. The first kappa shape index (κ1) is 22.8. The molecule has 0 aliphatic rings. The van der Waals surface area contributed by atoms with Crippen LogP contribution in [0.15, 0.2) is 60.8 Å². The standard InChI is InChI=1S/C23H20F3N3O3/c1-14-9-15(2)11-18(10-14)28-20(30)13-32-22(31)19-7-4-8-27-21(19)29-17-6-3-5-16(12-17)23(24,25)26/h3-12H,13H2,1-2H3,(H,27,29)(H,28,30). The summed E-state index contributed by atoms with van der Waals surface area (Å²) in [5.41, 5.74) is 1.75. The van der Waals surface area contributed by atoms with Gasteiger partial charge in [-0.2, -0.15) is 13.2 Å². The van der Waals surface area contributed by atoms with Crippen molar-refractivity contribution in [1.29, 1.82) is 0 Å². The Bertz CT molecular complexity index is 1130. The van der Waals surface area contributed by atoms with Crippen LogP contribution in [0.2, 0.25) is 0 Å². The summed E-state index contributed by atoms with van der Waals surface area (Å²) in [5, 5.41) is 5.34. The summed E-state index contributed by atoms with van der Waals surface area (Å²) in [5.74, 6) is -1.37. The summed E-state index contributed by atoms with van der Waals surface area (Å²) in [6.07, 6.45) is -3.13. The lowest BCUT2D eigenvalue weighted by atomic mass is 10.1. The molecule has 3 aromatic rings. The molecule has 0 aliphatic carbocycles. The highest BCUT2D eigenvalue weighted by Gasteiger charge is 2.30. The van der Waals surface area contributed by atoms with Gasteiger partial charge < -0.3 is 15.4 Å². The minimum atomic E-state index is -4.51. The molecule has 32 heavy (non-hydrogen) atoms. The molecular formula is C23H20F3N3O3. The molecule has 1 aromatic heterocycles. The molecule has 3 rings (SSSR count). The van der Waals surface area contributed by atoms with Gasteiger partial charge in [0.05, 0.1) is 5.56 Å². The Morgan fingerprint density at radius 3 is 2.38 bits per heavy atom. The number of pyridine rings is 1. The number of hydrogen-bond donors (Lipinski definition) is 2. The minimum Gasteiger partial charge on any atom is -0.452 e. The van der Waals surface area contributed by atoms with Gasteiger partial charge in [0.15, 0.2) is 6.61 Å². The molecule has 166 valence electrons. The molecule has 0 spiro atoms. The van der Waals surface area contributed by atoms with Crippen LogP contribution in [0.25, 0.3) is 0 Å². The van der Waals surface area contributed by atoms with Crippen molar-refractivity contribution < 1.29 is 27.5 Å². The van der Waals surface area contributed by atoms with Gasteiger partial charge in [-0.15, -0.1) is 0 Å². The van der Waals surface area contributed by atoms with Crippen LogP contribution in [-0.2, 0) is 15.7 Å². The average molecular weight is 443 g/mol. The van der Waals surface area contributed by atoms with E-state index in [4.69, 9.17) is 4.74 Å². The third kappa shape index (κ3) is 6.07. The van der Waals surface area contributed by atoms with Crippen molar-refractivity contribution in [2.24, 2.45) is 0 Å². The molecular weight excluding hydrogens is 423 g/mol. The normalized spacial score (nSPS) is 11.0. The van der Waals surface area contributed by atoms with E-state index in [0.717, 1.165) is 23.3 Å². The SMILES string of the molecule is Cc1cc(C)cc(NC(=O)COC(=O)c2cccnc2Nc2cccc(C(F)(F)F)c2)c1. The van der Waals surface area contributed by atoms with Gasteiger partial charge in [0, 0.05) is 17.6 Å². The molecule has 0 unspecified atom stereocenters. The lowest BCUT2D eigenvalue weighted by Crippen LogP contribution is -2.21. The predicted molar refractivity (Wildman–Crippen MR) is 114 cm³/mol. The van der Waals surface area contributed by atoms with E-state index >= 15 is 0 Å². The van der Waals surface area contributed by atoms with Crippen LogP contribution in [0.5, 0.6) is 0 Å². The second kappa shape index (κ2) is 9.51. The summed E-state index contributed by atoms with van der Waals surface area (Å²) in [7, 11) is 0. The second-order valence-corrected chi connectivity index (χ2v) is 7.10. The molecule has 1 amide bonds. The number of rotatable bonds is 6. The number of benzene rings is 2. The Balaban J connectivity index is 1.67. The zero-order valence-electron chi connectivity index (χ0n) is 17.3. The van der Waals surface area contributed by atoms with E-state index in [1.54, 1.807) is 12.1 Å². The van der Waals surface area contributed by atoms with Gasteiger partial charge >= 0.3 is 12.1 Å². The van der Waals surface area contributed by atoms with Crippen molar-refractivity contribution in [3.63, 3.8) is 0 Å². The highest BCUT2D eigenvalue weighted by Crippen LogP contribution is 2.31. The van der Waals surface area contributed by atoms with Gasteiger partial charge in [-0.05, 0) is 67.4 Å². The highest BCUT2D eigenvalue weighted by atomic mass is 19.4. The molecule has 6 nitrogen and oxygen atoms in total. The maximum absolute atomic E-state index is 12.9. The number of amides is 1. The molecule has 2 N–H and O–H groups in total. The van der Waals surface area contributed by atoms with E-state index in [-0.39, 0.29) is 17.1 Å². The number of anilines is 3. The molecule has 9 heteroatoms. The zero-order chi connectivity index (χ0) is 23.3. The number of nitrogens with zero attached hydrogens (tertiary/aromatic N) is 1. The van der Waals surface area contributed by atoms with Crippen LogP contribution in [0.1, 0.15) is 27.0 Å². The average Bonchev–Trinajstić information content (AvgIpc) is 2.71. The number of esters is 1. The molecule has 0 saturated heterocycles. The summed E-state index contributed by atoms with van der Waals surface area (Å²) < 4.78 is 43.9. The van der Waals surface area contributed by atoms with Gasteiger partial charge in [-0.1, -0.05) is 12.1 Å². The van der Waals surface area contributed by atoms with Gasteiger partial charge in [-0.3, -0.25) is 4.79 Å². The molecule has 0 aliphatic heterocycles. The Hall–Kier alpha value is -3.88. The molecule has 0 atom stereocenters. The summed E-state index contributed by atoms with van der Waals surface area (Å²) in [6.45, 7) is 3.25.